The maximum Gasteiger partial charge on any atom is 0.290 e. The smallest absolute Gasteiger partial charge is 0.290 e. The van der Waals surface area contributed by atoms with Crippen LogP contribution in [-0.2, 0) is 16.1 Å². The van der Waals surface area contributed by atoms with Crippen molar-refractivity contribution in [1.82, 2.24) is 15.0 Å². The molecule has 8 nitrogen and oxygen atoms in total. The predicted molar refractivity (Wildman–Crippen MR) is 68.3 cm³/mol. The molecule has 0 aromatic carbocycles. The summed E-state index contributed by atoms with van der Waals surface area (Å²) < 4.78 is 20.6. The summed E-state index contributed by atoms with van der Waals surface area (Å²) in [5.41, 5.74) is 0. The summed E-state index contributed by atoms with van der Waals surface area (Å²) in [5, 5.41) is 3.79. The van der Waals surface area contributed by atoms with E-state index in [1.54, 1.807) is 24.1 Å². The van der Waals surface area contributed by atoms with Gasteiger partial charge < -0.3 is 23.3 Å². The standard InChI is InChI=1S/C13H15N3O5/c1-18-6-9-2-3-11(21-9)13(17)16-4-5-19-7-10(16)12-14-8-20-15-12/h2-3,8,10H,4-7H2,1H3. The van der Waals surface area contributed by atoms with Gasteiger partial charge in [-0.25, -0.2) is 0 Å². The van der Waals surface area contributed by atoms with Crippen LogP contribution in [0.5, 0.6) is 0 Å². The van der Waals surface area contributed by atoms with E-state index in [0.717, 1.165) is 0 Å². The number of furan rings is 1. The summed E-state index contributed by atoms with van der Waals surface area (Å²) in [4.78, 5) is 18.2. The summed E-state index contributed by atoms with van der Waals surface area (Å²) in [6, 6.07) is 2.99. The number of aromatic nitrogens is 2. The molecule has 3 heterocycles. The number of carbonyl (C=O) groups is 1. The maximum atomic E-state index is 12.6. The molecule has 3 rings (SSSR count). The van der Waals surface area contributed by atoms with Crippen molar-refractivity contribution < 1.29 is 23.2 Å². The van der Waals surface area contributed by atoms with Crippen molar-refractivity contribution >= 4 is 5.91 Å². The molecule has 2 aromatic heterocycles. The Bertz CT molecular complexity index is 595. The van der Waals surface area contributed by atoms with Crippen LogP contribution in [0.15, 0.2) is 27.5 Å². The van der Waals surface area contributed by atoms with Crippen LogP contribution in [0.2, 0.25) is 0 Å². The Balaban J connectivity index is 1.80. The van der Waals surface area contributed by atoms with Crippen molar-refractivity contribution in [3.63, 3.8) is 0 Å². The number of methoxy groups -OCH3 is 1. The zero-order valence-electron chi connectivity index (χ0n) is 11.5. The molecule has 112 valence electrons. The molecule has 0 spiro atoms. The minimum absolute atomic E-state index is 0.226. The molecular formula is C13H15N3O5. The molecule has 0 radical (unpaired) electrons. The minimum atomic E-state index is -0.374. The number of amides is 1. The molecule has 8 heteroatoms. The third-order valence-electron chi connectivity index (χ3n) is 3.22. The first kappa shape index (κ1) is 13.8. The molecule has 2 aromatic rings. The highest BCUT2D eigenvalue weighted by atomic mass is 16.5. The molecule has 0 N–H and O–H groups in total. The van der Waals surface area contributed by atoms with Gasteiger partial charge in [0.05, 0.1) is 13.2 Å². The molecule has 1 unspecified atom stereocenters. The summed E-state index contributed by atoms with van der Waals surface area (Å²) in [6.45, 7) is 1.56. The Kier molecular flexibility index (Phi) is 3.98. The highest BCUT2D eigenvalue weighted by Gasteiger charge is 2.33. The molecule has 0 bridgehead atoms. The van der Waals surface area contributed by atoms with Gasteiger partial charge in [-0.15, -0.1) is 0 Å². The first-order chi connectivity index (χ1) is 10.3. The molecule has 1 aliphatic heterocycles. The number of nitrogens with zero attached hydrogens (tertiary/aromatic N) is 3. The van der Waals surface area contributed by atoms with E-state index < -0.39 is 0 Å². The van der Waals surface area contributed by atoms with Gasteiger partial charge in [0.25, 0.3) is 5.91 Å². The van der Waals surface area contributed by atoms with Crippen molar-refractivity contribution in [2.45, 2.75) is 12.6 Å². The second kappa shape index (κ2) is 6.06. The second-order valence-electron chi connectivity index (χ2n) is 4.58. The van der Waals surface area contributed by atoms with E-state index in [2.05, 4.69) is 10.1 Å². The third kappa shape index (κ3) is 2.81. The molecule has 1 amide bonds. The normalized spacial score (nSPS) is 18.9. The van der Waals surface area contributed by atoms with Crippen LogP contribution in [0.3, 0.4) is 0 Å². The van der Waals surface area contributed by atoms with Crippen molar-refractivity contribution in [3.05, 3.63) is 35.9 Å². The van der Waals surface area contributed by atoms with Gasteiger partial charge in [0.15, 0.2) is 11.6 Å². The lowest BCUT2D eigenvalue weighted by atomic mass is 10.2. The quantitative estimate of drug-likeness (QED) is 0.831. The lowest BCUT2D eigenvalue weighted by molar-refractivity contribution is -0.00746. The number of hydrogen-bond donors (Lipinski definition) is 0. The molecule has 1 saturated heterocycles. The SMILES string of the molecule is COCc1ccc(C(=O)N2CCOCC2c2ncon2)o1. The number of carbonyl (C=O) groups excluding carboxylic acids is 1. The fraction of sp³-hybridized carbons (Fsp3) is 0.462. The lowest BCUT2D eigenvalue weighted by Gasteiger charge is -2.32. The largest absolute Gasteiger partial charge is 0.453 e. The average molecular weight is 293 g/mol. The molecule has 21 heavy (non-hydrogen) atoms. The topological polar surface area (TPSA) is 90.8 Å². The number of morpholine rings is 1. The van der Waals surface area contributed by atoms with Gasteiger partial charge in [-0.05, 0) is 12.1 Å². The Morgan fingerprint density at radius 3 is 3.19 bits per heavy atom. The summed E-state index contributed by atoms with van der Waals surface area (Å²) in [6.07, 6.45) is 1.23. The van der Waals surface area contributed by atoms with E-state index in [4.69, 9.17) is 18.4 Å². The van der Waals surface area contributed by atoms with E-state index in [9.17, 15) is 4.79 Å². The highest BCUT2D eigenvalue weighted by molar-refractivity contribution is 5.91. The zero-order chi connectivity index (χ0) is 14.7. The van der Waals surface area contributed by atoms with E-state index in [1.165, 1.54) is 6.39 Å². The molecular weight excluding hydrogens is 278 g/mol. The van der Waals surface area contributed by atoms with Crippen LogP contribution in [0, 0.1) is 0 Å². The number of rotatable bonds is 4. The van der Waals surface area contributed by atoms with Gasteiger partial charge in [0, 0.05) is 13.7 Å². The van der Waals surface area contributed by atoms with Gasteiger partial charge in [-0.2, -0.15) is 4.98 Å². The molecule has 0 saturated carbocycles. The van der Waals surface area contributed by atoms with E-state index in [-0.39, 0.29) is 17.7 Å². The van der Waals surface area contributed by atoms with Crippen LogP contribution < -0.4 is 0 Å². The van der Waals surface area contributed by atoms with Gasteiger partial charge in [0.2, 0.25) is 6.39 Å². The van der Waals surface area contributed by atoms with Crippen LogP contribution in [-0.4, -0.2) is 47.8 Å². The Morgan fingerprint density at radius 2 is 2.43 bits per heavy atom. The van der Waals surface area contributed by atoms with Gasteiger partial charge in [-0.1, -0.05) is 5.16 Å². The van der Waals surface area contributed by atoms with Crippen LogP contribution >= 0.6 is 0 Å². The Labute approximate surface area is 120 Å². The third-order valence-corrected chi connectivity index (χ3v) is 3.22. The van der Waals surface area contributed by atoms with Crippen molar-refractivity contribution in [3.8, 4) is 0 Å². The van der Waals surface area contributed by atoms with Crippen molar-refractivity contribution in [2.24, 2.45) is 0 Å². The minimum Gasteiger partial charge on any atom is -0.453 e. The van der Waals surface area contributed by atoms with E-state index >= 15 is 0 Å². The van der Waals surface area contributed by atoms with Crippen LogP contribution in [0.4, 0.5) is 0 Å². The van der Waals surface area contributed by atoms with Gasteiger partial charge in [0.1, 0.15) is 18.4 Å². The molecule has 0 aliphatic carbocycles. The molecule has 1 fully saturated rings. The summed E-state index contributed by atoms with van der Waals surface area (Å²) >= 11 is 0. The van der Waals surface area contributed by atoms with E-state index in [0.29, 0.717) is 38.0 Å². The van der Waals surface area contributed by atoms with Gasteiger partial charge >= 0.3 is 0 Å². The summed E-state index contributed by atoms with van der Waals surface area (Å²) in [7, 11) is 1.57. The van der Waals surface area contributed by atoms with E-state index in [1.807, 2.05) is 0 Å². The molecule has 1 atom stereocenters. The zero-order valence-corrected chi connectivity index (χ0v) is 11.5. The number of hydrogen-bond acceptors (Lipinski definition) is 7. The number of ether oxygens (including phenoxy) is 2. The maximum absolute atomic E-state index is 12.6. The van der Waals surface area contributed by atoms with Crippen LogP contribution in [0.1, 0.15) is 28.2 Å². The predicted octanol–water partition coefficient (Wildman–Crippen LogP) is 1.02. The monoisotopic (exact) mass is 293 g/mol. The fourth-order valence-corrected chi connectivity index (χ4v) is 2.24. The highest BCUT2D eigenvalue weighted by Crippen LogP contribution is 2.24. The fourth-order valence-electron chi connectivity index (χ4n) is 2.24. The summed E-state index contributed by atoms with van der Waals surface area (Å²) in [5.74, 6) is 1.06. The Morgan fingerprint density at radius 1 is 1.52 bits per heavy atom. The second-order valence-corrected chi connectivity index (χ2v) is 4.58. The van der Waals surface area contributed by atoms with Crippen LogP contribution in [0.25, 0.3) is 0 Å². The van der Waals surface area contributed by atoms with Crippen molar-refractivity contribution in [2.75, 3.05) is 26.9 Å². The first-order valence-corrected chi connectivity index (χ1v) is 6.52. The molecule has 1 aliphatic rings. The Hall–Kier alpha value is -2.19. The first-order valence-electron chi connectivity index (χ1n) is 6.52. The van der Waals surface area contributed by atoms with Gasteiger partial charge in [-0.3, -0.25) is 4.79 Å². The lowest BCUT2D eigenvalue weighted by Crippen LogP contribution is -2.43. The average Bonchev–Trinajstić information content (AvgIpc) is 3.18. The van der Waals surface area contributed by atoms with Crippen molar-refractivity contribution in [1.29, 1.82) is 0 Å².